The molecule has 1 aliphatic carbocycles. The van der Waals surface area contributed by atoms with Gasteiger partial charge in [-0.25, -0.2) is 4.98 Å². The molecule has 2 unspecified atom stereocenters. The first-order valence-corrected chi connectivity index (χ1v) is 7.89. The number of hydrogen-bond acceptors (Lipinski definition) is 4. The average Bonchev–Trinajstić information content (AvgIpc) is 2.81. The van der Waals surface area contributed by atoms with Crippen molar-refractivity contribution in [3.05, 3.63) is 16.1 Å². The van der Waals surface area contributed by atoms with Crippen LogP contribution in [-0.4, -0.2) is 29.8 Å². The lowest BCUT2D eigenvalue weighted by molar-refractivity contribution is 0.133. The summed E-state index contributed by atoms with van der Waals surface area (Å²) in [6.07, 6.45) is 6.18. The first-order valence-electron chi connectivity index (χ1n) is 7.01. The Morgan fingerprint density at radius 3 is 2.83 bits per heavy atom. The number of nitrogens with zero attached hydrogens (tertiary/aromatic N) is 1. The van der Waals surface area contributed by atoms with E-state index >= 15 is 0 Å². The minimum Gasteiger partial charge on any atom is -0.396 e. The fraction of sp³-hybridized carbons (Fsp3) is 0.786. The van der Waals surface area contributed by atoms with Gasteiger partial charge >= 0.3 is 0 Å². The lowest BCUT2D eigenvalue weighted by Crippen LogP contribution is -2.33. The molecule has 3 nitrogen and oxygen atoms in total. The van der Waals surface area contributed by atoms with Crippen LogP contribution < -0.4 is 5.32 Å². The molecule has 0 saturated heterocycles. The van der Waals surface area contributed by atoms with E-state index in [1.807, 2.05) is 5.51 Å². The van der Waals surface area contributed by atoms with Crippen molar-refractivity contribution >= 4 is 11.3 Å². The molecule has 4 heteroatoms. The van der Waals surface area contributed by atoms with Crippen molar-refractivity contribution in [1.29, 1.82) is 0 Å². The number of aromatic nitrogens is 1. The summed E-state index contributed by atoms with van der Waals surface area (Å²) in [4.78, 5) is 5.66. The van der Waals surface area contributed by atoms with Crippen LogP contribution in [0.5, 0.6) is 0 Å². The SMILES string of the molecule is Cc1ncsc1CCNCC1CCCCC1CO. The maximum absolute atomic E-state index is 9.37. The van der Waals surface area contributed by atoms with Crippen molar-refractivity contribution in [3.63, 3.8) is 0 Å². The Labute approximate surface area is 114 Å². The highest BCUT2D eigenvalue weighted by molar-refractivity contribution is 7.09. The first kappa shape index (κ1) is 14.0. The molecule has 2 rings (SSSR count). The summed E-state index contributed by atoms with van der Waals surface area (Å²) in [5.74, 6) is 1.20. The lowest BCUT2D eigenvalue weighted by Gasteiger charge is -2.30. The van der Waals surface area contributed by atoms with Crippen LogP contribution in [0.2, 0.25) is 0 Å². The Morgan fingerprint density at radius 2 is 2.17 bits per heavy atom. The van der Waals surface area contributed by atoms with Crippen LogP contribution in [0.1, 0.15) is 36.3 Å². The Kier molecular flexibility index (Phi) is 5.60. The second-order valence-corrected chi connectivity index (χ2v) is 6.24. The van der Waals surface area contributed by atoms with Gasteiger partial charge in [0.15, 0.2) is 0 Å². The van der Waals surface area contributed by atoms with E-state index in [4.69, 9.17) is 0 Å². The summed E-state index contributed by atoms with van der Waals surface area (Å²) < 4.78 is 0. The van der Waals surface area contributed by atoms with Crippen LogP contribution in [0.15, 0.2) is 5.51 Å². The highest BCUT2D eigenvalue weighted by atomic mass is 32.1. The first-order chi connectivity index (χ1) is 8.81. The molecule has 0 aliphatic heterocycles. The van der Waals surface area contributed by atoms with Crippen molar-refractivity contribution in [1.82, 2.24) is 10.3 Å². The van der Waals surface area contributed by atoms with Gasteiger partial charge in [-0.05, 0) is 44.6 Å². The van der Waals surface area contributed by atoms with Crippen LogP contribution >= 0.6 is 11.3 Å². The molecular formula is C14H24N2OS. The summed E-state index contributed by atoms with van der Waals surface area (Å²) >= 11 is 1.75. The molecule has 1 saturated carbocycles. The smallest absolute Gasteiger partial charge is 0.0797 e. The fourth-order valence-corrected chi connectivity index (χ4v) is 3.63. The van der Waals surface area contributed by atoms with E-state index in [-0.39, 0.29) is 0 Å². The molecule has 18 heavy (non-hydrogen) atoms. The number of rotatable bonds is 6. The third kappa shape index (κ3) is 3.77. The van der Waals surface area contributed by atoms with E-state index < -0.39 is 0 Å². The number of aliphatic hydroxyl groups excluding tert-OH is 1. The summed E-state index contributed by atoms with van der Waals surface area (Å²) in [5, 5.41) is 12.9. The van der Waals surface area contributed by atoms with Crippen molar-refractivity contribution in [2.24, 2.45) is 11.8 Å². The minimum absolute atomic E-state index is 0.361. The van der Waals surface area contributed by atoms with Crippen LogP contribution in [-0.2, 0) is 6.42 Å². The second-order valence-electron chi connectivity index (χ2n) is 5.30. The standard InChI is InChI=1S/C14H24N2OS/c1-11-14(18-10-16-11)6-7-15-8-12-4-2-3-5-13(12)9-17/h10,12-13,15,17H,2-9H2,1H3. The van der Waals surface area contributed by atoms with Crippen LogP contribution in [0.25, 0.3) is 0 Å². The molecule has 0 bridgehead atoms. The van der Waals surface area contributed by atoms with Crippen molar-refractivity contribution in [3.8, 4) is 0 Å². The lowest BCUT2D eigenvalue weighted by atomic mass is 9.79. The number of hydrogen-bond donors (Lipinski definition) is 2. The zero-order chi connectivity index (χ0) is 12.8. The van der Waals surface area contributed by atoms with Gasteiger partial charge in [0.2, 0.25) is 0 Å². The summed E-state index contributed by atoms with van der Waals surface area (Å²) in [6.45, 7) is 4.52. The monoisotopic (exact) mass is 268 g/mol. The van der Waals surface area contributed by atoms with Gasteiger partial charge in [0.05, 0.1) is 11.2 Å². The van der Waals surface area contributed by atoms with Crippen molar-refractivity contribution in [2.75, 3.05) is 19.7 Å². The van der Waals surface area contributed by atoms with Gasteiger partial charge in [0.1, 0.15) is 0 Å². The van der Waals surface area contributed by atoms with Crippen molar-refractivity contribution < 1.29 is 5.11 Å². The van der Waals surface area contributed by atoms with E-state index in [0.717, 1.165) is 19.5 Å². The van der Waals surface area contributed by atoms with Gasteiger partial charge < -0.3 is 10.4 Å². The quantitative estimate of drug-likeness (QED) is 0.779. The molecule has 2 N–H and O–H groups in total. The zero-order valence-corrected chi connectivity index (χ0v) is 12.0. The number of thiazole rings is 1. The van der Waals surface area contributed by atoms with E-state index in [9.17, 15) is 5.11 Å². The molecule has 1 aromatic rings. The predicted octanol–water partition coefficient (Wildman–Crippen LogP) is 2.38. The largest absolute Gasteiger partial charge is 0.396 e. The number of aryl methyl sites for hydroxylation is 1. The average molecular weight is 268 g/mol. The van der Waals surface area contributed by atoms with Crippen LogP contribution in [0.4, 0.5) is 0 Å². The molecular weight excluding hydrogens is 244 g/mol. The van der Waals surface area contributed by atoms with Gasteiger partial charge in [-0.3, -0.25) is 0 Å². The summed E-state index contributed by atoms with van der Waals surface area (Å²) in [7, 11) is 0. The van der Waals surface area contributed by atoms with E-state index in [0.29, 0.717) is 18.4 Å². The van der Waals surface area contributed by atoms with Gasteiger partial charge in [0, 0.05) is 18.0 Å². The summed E-state index contributed by atoms with van der Waals surface area (Å²) in [5.41, 5.74) is 3.10. The molecule has 1 heterocycles. The third-order valence-electron chi connectivity index (χ3n) is 4.08. The Morgan fingerprint density at radius 1 is 1.39 bits per heavy atom. The zero-order valence-electron chi connectivity index (χ0n) is 11.2. The van der Waals surface area contributed by atoms with E-state index in [1.165, 1.54) is 36.3 Å². The number of nitrogens with one attached hydrogen (secondary N) is 1. The topological polar surface area (TPSA) is 45.2 Å². The maximum Gasteiger partial charge on any atom is 0.0797 e. The van der Waals surface area contributed by atoms with Crippen LogP contribution in [0, 0.1) is 18.8 Å². The molecule has 2 atom stereocenters. The molecule has 1 fully saturated rings. The molecule has 0 amide bonds. The van der Waals surface area contributed by atoms with Gasteiger partial charge in [-0.15, -0.1) is 11.3 Å². The second kappa shape index (κ2) is 7.22. The maximum atomic E-state index is 9.37. The Bertz CT molecular complexity index is 353. The third-order valence-corrected chi connectivity index (χ3v) is 5.08. The van der Waals surface area contributed by atoms with E-state index in [1.54, 1.807) is 11.3 Å². The molecule has 0 spiro atoms. The molecule has 0 radical (unpaired) electrons. The van der Waals surface area contributed by atoms with Gasteiger partial charge in [-0.2, -0.15) is 0 Å². The van der Waals surface area contributed by atoms with E-state index in [2.05, 4.69) is 17.2 Å². The molecule has 102 valence electrons. The molecule has 0 aromatic carbocycles. The summed E-state index contributed by atoms with van der Waals surface area (Å²) in [6, 6.07) is 0. The molecule has 1 aliphatic rings. The van der Waals surface area contributed by atoms with Gasteiger partial charge in [0.25, 0.3) is 0 Å². The molecule has 1 aromatic heterocycles. The van der Waals surface area contributed by atoms with Crippen molar-refractivity contribution in [2.45, 2.75) is 39.0 Å². The Balaban J connectivity index is 1.67. The fourth-order valence-electron chi connectivity index (χ4n) is 2.85. The highest BCUT2D eigenvalue weighted by Gasteiger charge is 2.23. The minimum atomic E-state index is 0.361. The predicted molar refractivity (Wildman–Crippen MR) is 76.0 cm³/mol. The van der Waals surface area contributed by atoms with Gasteiger partial charge in [-0.1, -0.05) is 12.8 Å². The van der Waals surface area contributed by atoms with Crippen LogP contribution in [0.3, 0.4) is 0 Å². The number of aliphatic hydroxyl groups is 1. The highest BCUT2D eigenvalue weighted by Crippen LogP contribution is 2.29. The Hall–Kier alpha value is -0.450. The normalized spacial score (nSPS) is 24.3.